The zero-order valence-corrected chi connectivity index (χ0v) is 18.4. The summed E-state index contributed by atoms with van der Waals surface area (Å²) in [6.07, 6.45) is 3.52. The predicted octanol–water partition coefficient (Wildman–Crippen LogP) is 4.46. The molecule has 1 N–H and O–H groups in total. The summed E-state index contributed by atoms with van der Waals surface area (Å²) in [6, 6.07) is 7.16. The monoisotopic (exact) mass is 413 g/mol. The number of benzene rings is 1. The highest BCUT2D eigenvalue weighted by atomic mass is 32.2. The molecule has 0 unspecified atom stereocenters. The van der Waals surface area contributed by atoms with Crippen LogP contribution in [0.25, 0.3) is 11.4 Å². The van der Waals surface area contributed by atoms with Crippen molar-refractivity contribution in [2.75, 3.05) is 5.32 Å². The summed E-state index contributed by atoms with van der Waals surface area (Å²) in [5.41, 5.74) is 3.27. The van der Waals surface area contributed by atoms with Crippen LogP contribution < -0.4 is 5.32 Å². The first-order valence-electron chi connectivity index (χ1n) is 9.60. The lowest BCUT2D eigenvalue weighted by molar-refractivity contribution is 0.587. The van der Waals surface area contributed by atoms with Crippen LogP contribution in [-0.2, 0) is 9.84 Å². The number of aromatic nitrogens is 4. The summed E-state index contributed by atoms with van der Waals surface area (Å²) >= 11 is 0. The molecule has 154 valence electrons. The first-order valence-corrected chi connectivity index (χ1v) is 11.1. The molecule has 7 nitrogen and oxygen atoms in total. The van der Waals surface area contributed by atoms with Gasteiger partial charge in [0.1, 0.15) is 5.82 Å². The molecule has 8 heteroatoms. The number of aryl methyl sites for hydroxylation is 2. The molecule has 0 amide bonds. The van der Waals surface area contributed by atoms with Gasteiger partial charge in [-0.2, -0.15) is 0 Å². The number of nitrogens with one attached hydrogen (secondary N) is 1. The Labute approximate surface area is 172 Å². The lowest BCUT2D eigenvalue weighted by Gasteiger charge is -2.15. The van der Waals surface area contributed by atoms with E-state index in [9.17, 15) is 8.42 Å². The number of sulfone groups is 1. The van der Waals surface area contributed by atoms with Gasteiger partial charge in [0.05, 0.1) is 27.7 Å². The molecule has 0 radical (unpaired) electrons. The fourth-order valence-corrected chi connectivity index (χ4v) is 4.35. The molecule has 2 aromatic heterocycles. The third-order valence-corrected chi connectivity index (χ3v) is 6.96. The summed E-state index contributed by atoms with van der Waals surface area (Å²) in [5.74, 6) is 1.38. The Morgan fingerprint density at radius 1 is 1.03 bits per heavy atom. The van der Waals surface area contributed by atoms with E-state index in [2.05, 4.69) is 38.7 Å². The Morgan fingerprint density at radius 2 is 1.76 bits per heavy atom. The van der Waals surface area contributed by atoms with Crippen molar-refractivity contribution >= 4 is 21.5 Å². The third kappa shape index (κ3) is 4.17. The lowest BCUT2D eigenvalue weighted by atomic mass is 10.2. The molecule has 0 saturated carbocycles. The van der Waals surface area contributed by atoms with Crippen LogP contribution in [0.1, 0.15) is 45.1 Å². The van der Waals surface area contributed by atoms with Crippen LogP contribution in [0.3, 0.4) is 0 Å². The van der Waals surface area contributed by atoms with Crippen LogP contribution >= 0.6 is 0 Å². The minimum absolute atomic E-state index is 0.261. The van der Waals surface area contributed by atoms with Crippen LogP contribution in [-0.4, -0.2) is 33.2 Å². The first-order chi connectivity index (χ1) is 13.6. The molecule has 2 heterocycles. The second-order valence-electron chi connectivity index (χ2n) is 7.62. The fourth-order valence-electron chi connectivity index (χ4n) is 3.20. The molecule has 0 aliphatic carbocycles. The summed E-state index contributed by atoms with van der Waals surface area (Å²) in [7, 11) is -3.31. The van der Waals surface area contributed by atoms with Gasteiger partial charge in [-0.1, -0.05) is 0 Å². The second kappa shape index (κ2) is 7.94. The molecule has 3 aromatic rings. The number of imidazole rings is 1. The van der Waals surface area contributed by atoms with Crippen molar-refractivity contribution in [1.29, 1.82) is 0 Å². The van der Waals surface area contributed by atoms with E-state index >= 15 is 0 Å². The zero-order chi connectivity index (χ0) is 21.3. The van der Waals surface area contributed by atoms with Gasteiger partial charge in [-0.15, -0.1) is 0 Å². The van der Waals surface area contributed by atoms with Gasteiger partial charge in [0.15, 0.2) is 9.84 Å². The van der Waals surface area contributed by atoms with Crippen molar-refractivity contribution < 1.29 is 8.42 Å². The van der Waals surface area contributed by atoms with Crippen LogP contribution in [0.4, 0.5) is 11.6 Å². The highest BCUT2D eigenvalue weighted by Crippen LogP contribution is 2.26. The molecule has 0 aliphatic rings. The molecule has 0 saturated heterocycles. The van der Waals surface area contributed by atoms with Crippen molar-refractivity contribution in [3.05, 3.63) is 48.0 Å². The second-order valence-corrected chi connectivity index (χ2v) is 10.1. The Bertz CT molecular complexity index is 1130. The summed E-state index contributed by atoms with van der Waals surface area (Å²) < 4.78 is 26.9. The normalized spacial score (nSPS) is 12.0. The van der Waals surface area contributed by atoms with Gasteiger partial charge in [0, 0.05) is 17.9 Å². The zero-order valence-electron chi connectivity index (χ0n) is 17.6. The minimum Gasteiger partial charge on any atom is -0.324 e. The number of hydrogen-bond donors (Lipinski definition) is 1. The molecular formula is C21H27N5O2S. The summed E-state index contributed by atoms with van der Waals surface area (Å²) in [6.45, 7) is 11.4. The predicted molar refractivity (Wildman–Crippen MR) is 115 cm³/mol. The molecular weight excluding hydrogens is 386 g/mol. The van der Waals surface area contributed by atoms with Crippen molar-refractivity contribution in [3.63, 3.8) is 0 Å². The Kier molecular flexibility index (Phi) is 5.75. The molecule has 1 aromatic carbocycles. The van der Waals surface area contributed by atoms with Crippen LogP contribution in [0.15, 0.2) is 41.6 Å². The average Bonchev–Trinajstić information content (AvgIpc) is 3.05. The van der Waals surface area contributed by atoms with Crippen molar-refractivity contribution in [2.24, 2.45) is 0 Å². The van der Waals surface area contributed by atoms with Crippen molar-refractivity contribution in [1.82, 2.24) is 19.5 Å². The van der Waals surface area contributed by atoms with Gasteiger partial charge in [0.2, 0.25) is 5.95 Å². The topological polar surface area (TPSA) is 89.8 Å². The number of nitrogens with zero attached hydrogens (tertiary/aromatic N) is 4. The highest BCUT2D eigenvalue weighted by Gasteiger charge is 2.20. The van der Waals surface area contributed by atoms with Crippen molar-refractivity contribution in [3.8, 4) is 11.4 Å². The summed E-state index contributed by atoms with van der Waals surface area (Å²) in [5, 5.41) is 2.74. The molecule has 0 spiro atoms. The van der Waals surface area contributed by atoms with E-state index in [0.717, 1.165) is 28.5 Å². The smallest absolute Gasteiger partial charge is 0.227 e. The van der Waals surface area contributed by atoms with E-state index in [1.807, 2.05) is 26.1 Å². The third-order valence-electron chi connectivity index (χ3n) is 4.81. The van der Waals surface area contributed by atoms with Gasteiger partial charge in [0.25, 0.3) is 0 Å². The molecule has 0 atom stereocenters. The SMILES string of the molecule is Cc1cc(S(=O)(=O)C(C)C)ccc1Nc1nccc(-c2cnc(C)n2C(C)C)n1. The molecule has 0 bridgehead atoms. The number of hydrogen-bond acceptors (Lipinski definition) is 6. The van der Waals surface area contributed by atoms with Gasteiger partial charge < -0.3 is 9.88 Å². The van der Waals surface area contributed by atoms with E-state index in [0.29, 0.717) is 10.8 Å². The van der Waals surface area contributed by atoms with E-state index in [1.165, 1.54) is 0 Å². The fraction of sp³-hybridized carbons (Fsp3) is 0.381. The van der Waals surface area contributed by atoms with Crippen LogP contribution in [0, 0.1) is 13.8 Å². The van der Waals surface area contributed by atoms with Gasteiger partial charge in [-0.25, -0.2) is 23.4 Å². The molecule has 29 heavy (non-hydrogen) atoms. The quantitative estimate of drug-likeness (QED) is 0.641. The first kappa shape index (κ1) is 21.0. The maximum atomic E-state index is 12.4. The molecule has 0 aliphatic heterocycles. The standard InChI is InChI=1S/C21H27N5O2S/c1-13(2)26-16(6)23-12-20(26)19-9-10-22-21(25-19)24-18-8-7-17(11-15(18)5)29(27,28)14(3)4/h7-14H,1-6H3,(H,22,24,25). The van der Waals surface area contributed by atoms with Gasteiger partial charge in [-0.3, -0.25) is 0 Å². The maximum Gasteiger partial charge on any atom is 0.227 e. The van der Waals surface area contributed by atoms with E-state index in [-0.39, 0.29) is 6.04 Å². The van der Waals surface area contributed by atoms with Gasteiger partial charge in [-0.05, 0) is 71.4 Å². The number of anilines is 2. The summed E-state index contributed by atoms with van der Waals surface area (Å²) in [4.78, 5) is 13.7. The molecule has 0 fully saturated rings. The minimum atomic E-state index is -3.31. The highest BCUT2D eigenvalue weighted by molar-refractivity contribution is 7.92. The van der Waals surface area contributed by atoms with E-state index < -0.39 is 15.1 Å². The maximum absolute atomic E-state index is 12.4. The number of rotatable bonds is 6. The van der Waals surface area contributed by atoms with Crippen LogP contribution in [0.5, 0.6) is 0 Å². The van der Waals surface area contributed by atoms with E-state index in [1.54, 1.807) is 38.2 Å². The lowest BCUT2D eigenvalue weighted by Crippen LogP contribution is -2.14. The average molecular weight is 414 g/mol. The largest absolute Gasteiger partial charge is 0.324 e. The molecule has 3 rings (SSSR count). The van der Waals surface area contributed by atoms with Gasteiger partial charge >= 0.3 is 0 Å². The Hall–Kier alpha value is -2.74. The van der Waals surface area contributed by atoms with Crippen molar-refractivity contribution in [2.45, 2.75) is 57.7 Å². The van der Waals surface area contributed by atoms with E-state index in [4.69, 9.17) is 0 Å². The Balaban J connectivity index is 1.92. The van der Waals surface area contributed by atoms with Crippen LogP contribution in [0.2, 0.25) is 0 Å². The Morgan fingerprint density at radius 3 is 2.38 bits per heavy atom.